The van der Waals surface area contributed by atoms with Crippen molar-refractivity contribution in [1.82, 2.24) is 0 Å². The second kappa shape index (κ2) is 7.16. The molecule has 3 heteroatoms. The molecule has 0 amide bonds. The van der Waals surface area contributed by atoms with E-state index in [0.717, 1.165) is 37.0 Å². The summed E-state index contributed by atoms with van der Waals surface area (Å²) in [5.74, 6) is 0.751. The number of ether oxygens (including phenoxy) is 1. The van der Waals surface area contributed by atoms with Gasteiger partial charge in [-0.25, -0.2) is 0 Å². The number of Topliss-reactive ketones (excluding diaryl/α,β-unsaturated/α-hetero) is 2. The van der Waals surface area contributed by atoms with Crippen LogP contribution in [-0.2, 0) is 21.4 Å². The van der Waals surface area contributed by atoms with Crippen molar-refractivity contribution in [3.05, 3.63) is 77.9 Å². The molecule has 170 valence electrons. The summed E-state index contributed by atoms with van der Waals surface area (Å²) in [6, 6.07) is 18.5. The topological polar surface area (TPSA) is 43.4 Å². The molecule has 0 aliphatic heterocycles. The Morgan fingerprint density at radius 2 is 1.64 bits per heavy atom. The van der Waals surface area contributed by atoms with Gasteiger partial charge in [-0.1, -0.05) is 74.4 Å². The minimum Gasteiger partial charge on any atom is -0.497 e. The number of carbonyl (C=O) groups excluding carboxylic acids is 2. The average Bonchev–Trinajstić information content (AvgIpc) is 3.23. The molecule has 0 spiro atoms. The molecule has 4 aliphatic rings. The normalized spacial score (nSPS) is 38.8. The van der Waals surface area contributed by atoms with Crippen molar-refractivity contribution in [1.29, 1.82) is 0 Å². The monoisotopic (exact) mass is 440 g/mol. The molecule has 0 N–H and O–H groups in total. The Kier molecular flexibility index (Phi) is 4.53. The van der Waals surface area contributed by atoms with Gasteiger partial charge in [-0.05, 0) is 47.9 Å². The summed E-state index contributed by atoms with van der Waals surface area (Å²) < 4.78 is 5.43. The highest BCUT2D eigenvalue weighted by molar-refractivity contribution is 6.01. The number of ketones is 2. The number of hydrogen-bond donors (Lipinski definition) is 0. The maximum atomic E-state index is 14.3. The molecule has 33 heavy (non-hydrogen) atoms. The SMILES string of the molecule is COc1ccc([C@]23C=C[C@@]4(CCCC[C@]24C)[C@H]2C(=O)C[C@H](Cc4ccccc4)C(=O)[C@H]23)cc1. The number of fused-ring (bicyclic) bond motifs is 2. The third kappa shape index (κ3) is 2.51. The highest BCUT2D eigenvalue weighted by Crippen LogP contribution is 2.79. The summed E-state index contributed by atoms with van der Waals surface area (Å²) in [5, 5.41) is 0. The lowest BCUT2D eigenvalue weighted by Crippen LogP contribution is -2.50. The molecule has 0 aromatic heterocycles. The second-order valence-corrected chi connectivity index (χ2v) is 10.9. The number of methoxy groups -OCH3 is 1. The van der Waals surface area contributed by atoms with E-state index in [1.807, 2.05) is 30.3 Å². The van der Waals surface area contributed by atoms with Crippen molar-refractivity contribution >= 4 is 11.6 Å². The van der Waals surface area contributed by atoms with Crippen molar-refractivity contribution in [3.63, 3.8) is 0 Å². The van der Waals surface area contributed by atoms with E-state index in [0.29, 0.717) is 24.4 Å². The molecule has 3 nitrogen and oxygen atoms in total. The van der Waals surface area contributed by atoms with Crippen LogP contribution in [0.3, 0.4) is 0 Å². The third-order valence-electron chi connectivity index (χ3n) is 9.88. The van der Waals surface area contributed by atoms with Crippen LogP contribution < -0.4 is 4.74 Å². The van der Waals surface area contributed by atoms with E-state index in [1.54, 1.807) is 7.11 Å². The lowest BCUT2D eigenvalue weighted by molar-refractivity contribution is -0.145. The third-order valence-corrected chi connectivity index (χ3v) is 9.88. The van der Waals surface area contributed by atoms with Crippen molar-refractivity contribution in [3.8, 4) is 5.75 Å². The van der Waals surface area contributed by atoms with Crippen LogP contribution in [0.2, 0.25) is 0 Å². The van der Waals surface area contributed by atoms with Crippen LogP contribution in [0.25, 0.3) is 0 Å². The number of allylic oxidation sites excluding steroid dienone is 2. The van der Waals surface area contributed by atoms with E-state index in [4.69, 9.17) is 4.74 Å². The van der Waals surface area contributed by atoms with Gasteiger partial charge in [0, 0.05) is 35.0 Å². The number of benzene rings is 2. The largest absolute Gasteiger partial charge is 0.497 e. The standard InChI is InChI=1S/C30H32O3/c1-28-14-6-7-15-29(28)16-17-30(28,22-10-12-23(33-2)13-11-22)26-25(29)24(31)19-21(27(26)32)18-20-8-4-3-5-9-20/h3-5,8-13,16-17,21,25-26H,6-7,14-15,18-19H2,1-2H3/t21-,25-,26-,28-,29-,30-/m0/s1. The van der Waals surface area contributed by atoms with Gasteiger partial charge in [-0.3, -0.25) is 9.59 Å². The molecule has 2 aromatic rings. The fraction of sp³-hybridized carbons (Fsp3) is 0.467. The van der Waals surface area contributed by atoms with Crippen molar-refractivity contribution in [2.75, 3.05) is 7.11 Å². The van der Waals surface area contributed by atoms with Gasteiger partial charge in [0.2, 0.25) is 0 Å². The Morgan fingerprint density at radius 1 is 0.909 bits per heavy atom. The zero-order valence-corrected chi connectivity index (χ0v) is 19.6. The average molecular weight is 441 g/mol. The fourth-order valence-electron chi connectivity index (χ4n) is 8.46. The Bertz CT molecular complexity index is 1130. The van der Waals surface area contributed by atoms with E-state index in [2.05, 4.69) is 43.3 Å². The molecule has 3 fully saturated rings. The van der Waals surface area contributed by atoms with Gasteiger partial charge < -0.3 is 4.74 Å². The summed E-state index contributed by atoms with van der Waals surface area (Å²) in [7, 11) is 1.68. The summed E-state index contributed by atoms with van der Waals surface area (Å²) in [6.07, 6.45) is 10.1. The summed E-state index contributed by atoms with van der Waals surface area (Å²) in [5.41, 5.74) is 1.57. The quantitative estimate of drug-likeness (QED) is 0.572. The van der Waals surface area contributed by atoms with E-state index >= 15 is 0 Å². The minimum absolute atomic E-state index is 0.116. The van der Waals surface area contributed by atoms with Gasteiger partial charge in [-0.15, -0.1) is 0 Å². The molecule has 4 aliphatic carbocycles. The first-order chi connectivity index (χ1) is 16.0. The number of carbonyl (C=O) groups is 2. The zero-order valence-electron chi connectivity index (χ0n) is 19.6. The van der Waals surface area contributed by atoms with E-state index < -0.39 is 5.41 Å². The van der Waals surface area contributed by atoms with Crippen LogP contribution in [0.5, 0.6) is 5.75 Å². The van der Waals surface area contributed by atoms with E-state index in [9.17, 15) is 9.59 Å². The minimum atomic E-state index is -0.424. The highest BCUT2D eigenvalue weighted by atomic mass is 16.5. The van der Waals surface area contributed by atoms with E-state index in [1.165, 1.54) is 5.56 Å². The molecule has 2 aromatic carbocycles. The summed E-state index contributed by atoms with van der Waals surface area (Å²) in [4.78, 5) is 28.2. The lowest BCUT2D eigenvalue weighted by Gasteiger charge is -2.50. The maximum Gasteiger partial charge on any atom is 0.141 e. The van der Waals surface area contributed by atoms with Crippen LogP contribution in [-0.4, -0.2) is 18.7 Å². The predicted molar refractivity (Wildman–Crippen MR) is 128 cm³/mol. The molecule has 2 bridgehead atoms. The van der Waals surface area contributed by atoms with Crippen molar-refractivity contribution < 1.29 is 14.3 Å². The first-order valence-corrected chi connectivity index (χ1v) is 12.4. The van der Waals surface area contributed by atoms with Crippen LogP contribution in [0.15, 0.2) is 66.7 Å². The number of rotatable bonds is 4. The Labute approximate surface area is 196 Å². The first-order valence-electron chi connectivity index (χ1n) is 12.4. The zero-order chi connectivity index (χ0) is 22.8. The lowest BCUT2D eigenvalue weighted by atomic mass is 9.52. The van der Waals surface area contributed by atoms with Gasteiger partial charge in [0.15, 0.2) is 0 Å². The molecule has 3 saturated carbocycles. The maximum absolute atomic E-state index is 14.3. The van der Waals surface area contributed by atoms with Crippen LogP contribution in [0.1, 0.15) is 50.2 Å². The van der Waals surface area contributed by atoms with Gasteiger partial charge in [-0.2, -0.15) is 0 Å². The van der Waals surface area contributed by atoms with Crippen LogP contribution >= 0.6 is 0 Å². The molecule has 6 atom stereocenters. The van der Waals surface area contributed by atoms with Gasteiger partial charge >= 0.3 is 0 Å². The van der Waals surface area contributed by atoms with Gasteiger partial charge in [0.1, 0.15) is 17.3 Å². The summed E-state index contributed by atoms with van der Waals surface area (Å²) >= 11 is 0. The second-order valence-electron chi connectivity index (χ2n) is 10.9. The van der Waals surface area contributed by atoms with Crippen LogP contribution in [0, 0.1) is 28.6 Å². The molecule has 0 unspecified atom stereocenters. The first kappa shape index (κ1) is 20.9. The Balaban J connectivity index is 1.50. The Morgan fingerprint density at radius 3 is 2.36 bits per heavy atom. The van der Waals surface area contributed by atoms with Crippen LogP contribution in [0.4, 0.5) is 0 Å². The molecular weight excluding hydrogens is 408 g/mol. The highest BCUT2D eigenvalue weighted by Gasteiger charge is 2.79. The smallest absolute Gasteiger partial charge is 0.141 e. The van der Waals surface area contributed by atoms with Gasteiger partial charge in [0.25, 0.3) is 0 Å². The number of hydrogen-bond acceptors (Lipinski definition) is 3. The fourth-order valence-corrected chi connectivity index (χ4v) is 8.46. The molecule has 6 rings (SSSR count). The molecule has 0 radical (unpaired) electrons. The Hall–Kier alpha value is -2.68. The van der Waals surface area contributed by atoms with E-state index in [-0.39, 0.29) is 28.6 Å². The van der Waals surface area contributed by atoms with Crippen molar-refractivity contribution in [2.24, 2.45) is 28.6 Å². The van der Waals surface area contributed by atoms with Gasteiger partial charge in [0.05, 0.1) is 7.11 Å². The molecule has 0 saturated heterocycles. The molecular formula is C30H32O3. The molecule has 0 heterocycles. The predicted octanol–water partition coefficient (Wildman–Crippen LogP) is 5.72. The summed E-state index contributed by atoms with van der Waals surface area (Å²) in [6.45, 7) is 2.38. The van der Waals surface area contributed by atoms with Crippen molar-refractivity contribution in [2.45, 2.75) is 50.9 Å².